The van der Waals surface area contributed by atoms with Crippen LogP contribution in [0.2, 0.25) is 0 Å². The van der Waals surface area contributed by atoms with Crippen molar-refractivity contribution in [3.63, 3.8) is 0 Å². The SMILES string of the molecule is CC/C=C\C/C=C\C/C=C\C/C=C\CCCCCCCOCC(COP(=O)(O)OCC[N+](C)(C)C)OC(=O)CCCCCCCCC/C=C\CCCCCCCC. The van der Waals surface area contributed by atoms with Crippen LogP contribution in [0.1, 0.15) is 181 Å². The van der Waals surface area contributed by atoms with E-state index in [1.807, 2.05) is 21.1 Å². The second-order valence-corrected chi connectivity index (χ2v) is 17.9. The largest absolute Gasteiger partial charge is 0.472 e. The van der Waals surface area contributed by atoms with Crippen molar-refractivity contribution in [2.45, 2.75) is 187 Å². The number of rotatable bonds is 42. The van der Waals surface area contributed by atoms with E-state index < -0.39 is 13.9 Å². The molecule has 332 valence electrons. The van der Waals surface area contributed by atoms with Gasteiger partial charge < -0.3 is 18.9 Å². The molecule has 2 unspecified atom stereocenters. The van der Waals surface area contributed by atoms with Gasteiger partial charge in [0.1, 0.15) is 19.3 Å². The summed E-state index contributed by atoms with van der Waals surface area (Å²) in [5.41, 5.74) is 0. The molecule has 0 saturated carbocycles. The van der Waals surface area contributed by atoms with Crippen molar-refractivity contribution in [2.75, 3.05) is 54.1 Å². The molecule has 0 aromatic rings. The van der Waals surface area contributed by atoms with Crippen LogP contribution >= 0.6 is 7.82 Å². The van der Waals surface area contributed by atoms with Gasteiger partial charge in [-0.25, -0.2) is 4.57 Å². The molecule has 0 spiro atoms. The Morgan fingerprint density at radius 3 is 1.54 bits per heavy atom. The number of quaternary nitrogens is 1. The second-order valence-electron chi connectivity index (χ2n) is 16.4. The van der Waals surface area contributed by atoms with Crippen molar-refractivity contribution in [1.29, 1.82) is 0 Å². The molecule has 57 heavy (non-hydrogen) atoms. The molecule has 0 aliphatic rings. The lowest BCUT2D eigenvalue weighted by atomic mass is 10.1. The molecule has 0 amide bonds. The Balaban J connectivity index is 4.26. The molecule has 0 aromatic carbocycles. The standard InChI is InChI=1S/C48H88NO7P/c1-6-8-10-12-14-16-18-20-22-24-26-28-30-32-34-36-38-40-43-53-45-47(46-55-57(51,52)54-44-42-49(3,4)5)56-48(50)41-39-37-35-33-31-29-27-25-23-21-19-17-15-13-11-9-7-2/h8,10,14,16,20-23,26,28,47H,6-7,9,11-13,15,17-19,24-25,27,29-46H2,1-5H3/p+1/b10-8-,16-14-,22-20-,23-21-,28-26-. The van der Waals surface area contributed by atoms with Gasteiger partial charge >= 0.3 is 13.8 Å². The zero-order valence-corrected chi connectivity index (χ0v) is 38.5. The van der Waals surface area contributed by atoms with Gasteiger partial charge in [-0.05, 0) is 77.0 Å². The number of hydrogen-bond donors (Lipinski definition) is 1. The van der Waals surface area contributed by atoms with E-state index in [9.17, 15) is 14.3 Å². The maximum atomic E-state index is 12.7. The minimum atomic E-state index is -4.28. The fourth-order valence-corrected chi connectivity index (χ4v) is 6.75. The summed E-state index contributed by atoms with van der Waals surface area (Å²) in [6, 6.07) is 0. The summed E-state index contributed by atoms with van der Waals surface area (Å²) in [6.07, 6.45) is 51.1. The number of hydrogen-bond acceptors (Lipinski definition) is 6. The molecule has 0 aliphatic heterocycles. The summed E-state index contributed by atoms with van der Waals surface area (Å²) in [5, 5.41) is 0. The third-order valence-corrected chi connectivity index (χ3v) is 10.5. The van der Waals surface area contributed by atoms with E-state index in [0.717, 1.165) is 70.6 Å². The molecular weight excluding hydrogens is 734 g/mol. The highest BCUT2D eigenvalue weighted by molar-refractivity contribution is 7.47. The van der Waals surface area contributed by atoms with Gasteiger partial charge in [0, 0.05) is 13.0 Å². The summed E-state index contributed by atoms with van der Waals surface area (Å²) < 4.78 is 35.0. The number of ether oxygens (including phenoxy) is 2. The zero-order chi connectivity index (χ0) is 42.0. The number of phosphoric ester groups is 1. The van der Waals surface area contributed by atoms with Crippen LogP contribution in [-0.2, 0) is 27.9 Å². The van der Waals surface area contributed by atoms with Gasteiger partial charge in [-0.3, -0.25) is 13.8 Å². The van der Waals surface area contributed by atoms with Gasteiger partial charge in [0.25, 0.3) is 0 Å². The van der Waals surface area contributed by atoms with Gasteiger partial charge in [0.05, 0.1) is 34.4 Å². The fraction of sp³-hybridized carbons (Fsp3) is 0.771. The molecular formula is C48H89NO7P+. The number of carbonyl (C=O) groups is 1. The molecule has 0 aliphatic carbocycles. The van der Waals surface area contributed by atoms with E-state index >= 15 is 0 Å². The van der Waals surface area contributed by atoms with Crippen molar-refractivity contribution < 1.29 is 37.3 Å². The quantitative estimate of drug-likeness (QED) is 0.0215. The van der Waals surface area contributed by atoms with E-state index in [1.54, 1.807) is 0 Å². The van der Waals surface area contributed by atoms with Crippen molar-refractivity contribution in [3.05, 3.63) is 60.8 Å². The lowest BCUT2D eigenvalue weighted by Gasteiger charge is -2.24. The Labute approximate surface area is 351 Å². The Kier molecular flexibility index (Phi) is 39.7. The number of esters is 1. The van der Waals surface area contributed by atoms with Crippen LogP contribution in [0, 0.1) is 0 Å². The molecule has 2 atom stereocenters. The monoisotopic (exact) mass is 823 g/mol. The van der Waals surface area contributed by atoms with Crippen LogP contribution in [0.15, 0.2) is 60.8 Å². The normalized spacial score (nSPS) is 14.3. The molecule has 8 nitrogen and oxygen atoms in total. The summed E-state index contributed by atoms with van der Waals surface area (Å²) >= 11 is 0. The lowest BCUT2D eigenvalue weighted by Crippen LogP contribution is -2.37. The van der Waals surface area contributed by atoms with Crippen LogP contribution in [0.4, 0.5) is 0 Å². The van der Waals surface area contributed by atoms with Gasteiger partial charge in [-0.2, -0.15) is 0 Å². The van der Waals surface area contributed by atoms with E-state index in [0.29, 0.717) is 24.1 Å². The average Bonchev–Trinajstić information content (AvgIpc) is 3.16. The third kappa shape index (κ3) is 45.1. The molecule has 1 N–H and O–H groups in total. The number of nitrogens with zero attached hydrogens (tertiary/aromatic N) is 1. The van der Waals surface area contributed by atoms with Crippen LogP contribution in [0.3, 0.4) is 0 Å². The number of phosphoric acid groups is 1. The summed E-state index contributed by atoms with van der Waals surface area (Å²) in [6.45, 7) is 5.45. The molecule has 9 heteroatoms. The van der Waals surface area contributed by atoms with E-state index in [1.165, 1.54) is 89.9 Å². The van der Waals surface area contributed by atoms with E-state index in [2.05, 4.69) is 74.6 Å². The maximum absolute atomic E-state index is 12.7. The minimum absolute atomic E-state index is 0.0814. The molecule has 0 bridgehead atoms. The van der Waals surface area contributed by atoms with E-state index in [4.69, 9.17) is 18.5 Å². The van der Waals surface area contributed by atoms with Gasteiger partial charge in [-0.15, -0.1) is 0 Å². The molecule has 0 rings (SSSR count). The molecule has 0 radical (unpaired) electrons. The molecule has 0 fully saturated rings. The molecule has 0 heterocycles. The lowest BCUT2D eigenvalue weighted by molar-refractivity contribution is -0.870. The highest BCUT2D eigenvalue weighted by atomic mass is 31.2. The first-order valence-corrected chi connectivity index (χ1v) is 24.5. The molecule has 0 aromatic heterocycles. The number of likely N-dealkylation sites (N-methyl/N-ethyl adjacent to an activating group) is 1. The van der Waals surface area contributed by atoms with E-state index in [-0.39, 0.29) is 25.8 Å². The first-order chi connectivity index (χ1) is 27.6. The fourth-order valence-electron chi connectivity index (χ4n) is 6.01. The Morgan fingerprint density at radius 1 is 0.561 bits per heavy atom. The number of allylic oxidation sites excluding steroid dienone is 10. The topological polar surface area (TPSA) is 91.3 Å². The summed E-state index contributed by atoms with van der Waals surface area (Å²) in [4.78, 5) is 22.9. The van der Waals surface area contributed by atoms with Crippen molar-refractivity contribution in [1.82, 2.24) is 0 Å². The van der Waals surface area contributed by atoms with Gasteiger partial charge in [-0.1, -0.05) is 158 Å². The summed E-state index contributed by atoms with van der Waals surface area (Å²) in [7, 11) is 1.64. The third-order valence-electron chi connectivity index (χ3n) is 9.56. The van der Waals surface area contributed by atoms with Crippen molar-refractivity contribution in [3.8, 4) is 0 Å². The van der Waals surface area contributed by atoms with Crippen molar-refractivity contribution >= 4 is 13.8 Å². The molecule has 0 saturated heterocycles. The smallest absolute Gasteiger partial charge is 0.457 e. The average molecular weight is 823 g/mol. The maximum Gasteiger partial charge on any atom is 0.472 e. The zero-order valence-electron chi connectivity index (χ0n) is 37.6. The van der Waals surface area contributed by atoms with Crippen LogP contribution in [0.25, 0.3) is 0 Å². The Bertz CT molecular complexity index is 1090. The van der Waals surface area contributed by atoms with Crippen LogP contribution < -0.4 is 0 Å². The Hall–Kier alpha value is -1.80. The predicted molar refractivity (Wildman–Crippen MR) is 242 cm³/mol. The van der Waals surface area contributed by atoms with Gasteiger partial charge in [0.15, 0.2) is 0 Å². The number of unbranched alkanes of at least 4 members (excludes halogenated alkanes) is 18. The van der Waals surface area contributed by atoms with Crippen LogP contribution in [0.5, 0.6) is 0 Å². The Morgan fingerprint density at radius 2 is 1.02 bits per heavy atom. The summed E-state index contributed by atoms with van der Waals surface area (Å²) in [5.74, 6) is -0.327. The highest BCUT2D eigenvalue weighted by Crippen LogP contribution is 2.43. The first kappa shape index (κ1) is 55.2. The van der Waals surface area contributed by atoms with Crippen molar-refractivity contribution in [2.24, 2.45) is 0 Å². The van der Waals surface area contributed by atoms with Crippen LogP contribution in [-0.4, -0.2) is 75.6 Å². The minimum Gasteiger partial charge on any atom is -0.457 e. The predicted octanol–water partition coefficient (Wildman–Crippen LogP) is 13.7. The first-order valence-electron chi connectivity index (χ1n) is 23.0. The van der Waals surface area contributed by atoms with Gasteiger partial charge in [0.2, 0.25) is 0 Å². The highest BCUT2D eigenvalue weighted by Gasteiger charge is 2.26. The second kappa shape index (κ2) is 41.0. The number of carbonyl (C=O) groups excluding carboxylic acids is 1.